The molecule has 0 aliphatic carbocycles. The molecule has 72 valence electrons. The highest BCUT2D eigenvalue weighted by Gasteiger charge is 2.07. The Labute approximate surface area is 90.3 Å². The molecule has 1 heterocycles. The summed E-state index contributed by atoms with van der Waals surface area (Å²) >= 11 is 5.01. The predicted molar refractivity (Wildman–Crippen MR) is 59.0 cm³/mol. The summed E-state index contributed by atoms with van der Waals surface area (Å²) in [5, 5.41) is 1.98. The molecule has 13 heavy (non-hydrogen) atoms. The number of carbonyl (C=O) groups excluding carboxylic acids is 1. The van der Waals surface area contributed by atoms with Gasteiger partial charge in [0.05, 0.1) is 0 Å². The zero-order chi connectivity index (χ0) is 9.68. The number of hydrogen-bond acceptors (Lipinski definition) is 3. The van der Waals surface area contributed by atoms with Crippen LogP contribution in [0.4, 0.5) is 0 Å². The highest BCUT2D eigenvalue weighted by atomic mass is 79.9. The molecule has 0 unspecified atom stereocenters. The van der Waals surface area contributed by atoms with Gasteiger partial charge in [-0.1, -0.05) is 0 Å². The number of halogens is 1. The van der Waals surface area contributed by atoms with Crippen LogP contribution in [0.1, 0.15) is 17.7 Å². The zero-order valence-corrected chi connectivity index (χ0v) is 9.66. The first-order valence-electron chi connectivity index (χ1n) is 4.17. The van der Waals surface area contributed by atoms with E-state index in [9.17, 15) is 4.79 Å². The van der Waals surface area contributed by atoms with Crippen LogP contribution in [-0.2, 0) is 11.2 Å². The van der Waals surface area contributed by atoms with Crippen molar-refractivity contribution in [1.82, 2.24) is 0 Å². The third kappa shape index (κ3) is 3.58. The second-order valence-electron chi connectivity index (χ2n) is 2.80. The van der Waals surface area contributed by atoms with E-state index in [2.05, 4.69) is 15.9 Å². The van der Waals surface area contributed by atoms with Crippen molar-refractivity contribution in [1.29, 1.82) is 0 Å². The van der Waals surface area contributed by atoms with Gasteiger partial charge >= 0.3 is 0 Å². The molecular formula is C9H12BrNOS. The molecule has 1 aromatic rings. The molecule has 0 aromatic carbocycles. The first kappa shape index (κ1) is 10.9. The Kier molecular flexibility index (Phi) is 4.62. The van der Waals surface area contributed by atoms with Crippen molar-refractivity contribution in [3.63, 3.8) is 0 Å². The van der Waals surface area contributed by atoms with Crippen molar-refractivity contribution in [2.75, 3.05) is 6.54 Å². The van der Waals surface area contributed by atoms with E-state index >= 15 is 0 Å². The second kappa shape index (κ2) is 5.52. The lowest BCUT2D eigenvalue weighted by molar-refractivity contribution is -0.118. The standard InChI is InChI=1S/C9H12BrNOS/c10-8-3-5-13-9(8)6-7(12)2-1-4-11/h3,5H,1-2,4,6,11H2. The van der Waals surface area contributed by atoms with Crippen molar-refractivity contribution in [3.8, 4) is 0 Å². The Hall–Kier alpha value is -0.190. The molecule has 0 aliphatic rings. The van der Waals surface area contributed by atoms with Crippen molar-refractivity contribution >= 4 is 33.0 Å². The third-order valence-electron chi connectivity index (χ3n) is 1.71. The maximum absolute atomic E-state index is 11.4. The van der Waals surface area contributed by atoms with E-state index in [0.717, 1.165) is 15.8 Å². The van der Waals surface area contributed by atoms with Crippen molar-refractivity contribution in [2.24, 2.45) is 5.73 Å². The molecule has 1 aromatic heterocycles. The van der Waals surface area contributed by atoms with Gasteiger partial charge in [-0.15, -0.1) is 11.3 Å². The van der Waals surface area contributed by atoms with E-state index in [0.29, 0.717) is 19.4 Å². The van der Waals surface area contributed by atoms with Crippen LogP contribution in [0, 0.1) is 0 Å². The molecule has 0 saturated carbocycles. The second-order valence-corrected chi connectivity index (χ2v) is 4.65. The monoisotopic (exact) mass is 261 g/mol. The summed E-state index contributed by atoms with van der Waals surface area (Å²) in [6, 6.07) is 1.97. The van der Waals surface area contributed by atoms with Gasteiger partial charge in [0.15, 0.2) is 0 Å². The van der Waals surface area contributed by atoms with Crippen LogP contribution < -0.4 is 5.73 Å². The molecule has 1 rings (SSSR count). The van der Waals surface area contributed by atoms with E-state index in [4.69, 9.17) is 5.73 Å². The van der Waals surface area contributed by atoms with Gasteiger partial charge in [-0.05, 0) is 40.3 Å². The van der Waals surface area contributed by atoms with Crippen LogP contribution in [0.5, 0.6) is 0 Å². The summed E-state index contributed by atoms with van der Waals surface area (Å²) in [5.74, 6) is 0.272. The zero-order valence-electron chi connectivity index (χ0n) is 7.25. The van der Waals surface area contributed by atoms with Crippen LogP contribution in [0.3, 0.4) is 0 Å². The smallest absolute Gasteiger partial charge is 0.138 e. The van der Waals surface area contributed by atoms with Crippen molar-refractivity contribution in [2.45, 2.75) is 19.3 Å². The summed E-state index contributed by atoms with van der Waals surface area (Å²) < 4.78 is 1.04. The Morgan fingerprint density at radius 1 is 1.62 bits per heavy atom. The summed E-state index contributed by atoms with van der Waals surface area (Å²) in [7, 11) is 0. The molecule has 0 amide bonds. The van der Waals surface area contributed by atoms with E-state index in [-0.39, 0.29) is 5.78 Å². The molecule has 0 saturated heterocycles. The first-order chi connectivity index (χ1) is 6.24. The van der Waals surface area contributed by atoms with Crippen LogP contribution in [0.2, 0.25) is 0 Å². The van der Waals surface area contributed by atoms with E-state index in [1.807, 2.05) is 11.4 Å². The molecule has 0 fully saturated rings. The fraction of sp³-hybridized carbons (Fsp3) is 0.444. The molecule has 2 N–H and O–H groups in total. The highest BCUT2D eigenvalue weighted by molar-refractivity contribution is 9.10. The van der Waals surface area contributed by atoms with Gasteiger partial charge in [0.1, 0.15) is 5.78 Å². The van der Waals surface area contributed by atoms with Gasteiger partial charge in [0.2, 0.25) is 0 Å². The highest BCUT2D eigenvalue weighted by Crippen LogP contribution is 2.23. The Morgan fingerprint density at radius 2 is 2.38 bits per heavy atom. The fourth-order valence-electron chi connectivity index (χ4n) is 1.02. The van der Waals surface area contributed by atoms with Crippen LogP contribution in [-0.4, -0.2) is 12.3 Å². The minimum absolute atomic E-state index is 0.272. The molecule has 0 spiro atoms. The van der Waals surface area contributed by atoms with Gasteiger partial charge in [-0.3, -0.25) is 4.79 Å². The topological polar surface area (TPSA) is 43.1 Å². The number of ketones is 1. The van der Waals surface area contributed by atoms with Gasteiger partial charge in [0, 0.05) is 22.2 Å². The van der Waals surface area contributed by atoms with Gasteiger partial charge in [-0.2, -0.15) is 0 Å². The van der Waals surface area contributed by atoms with Gasteiger partial charge < -0.3 is 5.73 Å². The maximum Gasteiger partial charge on any atom is 0.138 e. The van der Waals surface area contributed by atoms with Crippen LogP contribution in [0.25, 0.3) is 0 Å². The average Bonchev–Trinajstić information content (AvgIpc) is 2.48. The van der Waals surface area contributed by atoms with Crippen LogP contribution >= 0.6 is 27.3 Å². The minimum atomic E-state index is 0.272. The maximum atomic E-state index is 11.4. The normalized spacial score (nSPS) is 10.3. The Bertz CT molecular complexity index is 285. The minimum Gasteiger partial charge on any atom is -0.330 e. The van der Waals surface area contributed by atoms with Crippen molar-refractivity contribution in [3.05, 3.63) is 20.8 Å². The summed E-state index contributed by atoms with van der Waals surface area (Å²) in [4.78, 5) is 12.5. The first-order valence-corrected chi connectivity index (χ1v) is 5.85. The lowest BCUT2D eigenvalue weighted by Crippen LogP contribution is -2.06. The molecule has 4 heteroatoms. The lowest BCUT2D eigenvalue weighted by atomic mass is 10.1. The SMILES string of the molecule is NCCCC(=O)Cc1sccc1Br. The molecule has 0 atom stereocenters. The number of nitrogens with two attached hydrogens (primary N) is 1. The molecule has 0 bridgehead atoms. The van der Waals surface area contributed by atoms with Gasteiger partial charge in [-0.25, -0.2) is 0 Å². The van der Waals surface area contributed by atoms with E-state index in [1.54, 1.807) is 11.3 Å². The Morgan fingerprint density at radius 3 is 2.92 bits per heavy atom. The predicted octanol–water partition coefficient (Wildman–Crippen LogP) is 2.36. The Balaban J connectivity index is 2.41. The number of carbonyl (C=O) groups is 1. The van der Waals surface area contributed by atoms with E-state index < -0.39 is 0 Å². The quantitative estimate of drug-likeness (QED) is 0.885. The third-order valence-corrected chi connectivity index (χ3v) is 3.63. The summed E-state index contributed by atoms with van der Waals surface area (Å²) in [6.07, 6.45) is 1.93. The van der Waals surface area contributed by atoms with Crippen molar-refractivity contribution < 1.29 is 4.79 Å². The number of rotatable bonds is 5. The fourth-order valence-corrected chi connectivity index (χ4v) is 2.54. The van der Waals surface area contributed by atoms with Crippen LogP contribution in [0.15, 0.2) is 15.9 Å². The molecule has 0 aliphatic heterocycles. The number of Topliss-reactive ketones (excluding diaryl/α,β-unsaturated/α-hetero) is 1. The molecular weight excluding hydrogens is 250 g/mol. The summed E-state index contributed by atoms with van der Waals surface area (Å²) in [5.41, 5.74) is 5.32. The average molecular weight is 262 g/mol. The molecule has 2 nitrogen and oxygen atoms in total. The lowest BCUT2D eigenvalue weighted by Gasteiger charge is -1.97. The van der Waals surface area contributed by atoms with E-state index in [1.165, 1.54) is 0 Å². The summed E-state index contributed by atoms with van der Waals surface area (Å²) in [6.45, 7) is 0.595. The largest absolute Gasteiger partial charge is 0.330 e. The van der Waals surface area contributed by atoms with Gasteiger partial charge in [0.25, 0.3) is 0 Å². The number of thiophene rings is 1. The number of hydrogen-bond donors (Lipinski definition) is 1. The molecule has 0 radical (unpaired) electrons.